The third-order valence-electron chi connectivity index (χ3n) is 7.54. The lowest BCUT2D eigenvalue weighted by Crippen LogP contribution is -2.74. The van der Waals surface area contributed by atoms with Gasteiger partial charge in [-0.1, -0.05) is 65.0 Å². The SMILES string of the molecule is CC(C)[Si](CCC(F)(F)C(F)(F)C(F)(F)C(F)(F)C(F)(F)C(F)(F)C(F)(F)C(F)(F)F)(OC[C@H](C)c1ccccc1)C(C)C. The minimum absolute atomic E-state index is 0.225. The zero-order chi connectivity index (χ0) is 35.2. The van der Waals surface area contributed by atoms with Crippen LogP contribution in [0, 0.1) is 0 Å². The Kier molecular flexibility index (Phi) is 11.4. The van der Waals surface area contributed by atoms with E-state index in [9.17, 15) is 74.6 Å². The Labute approximate surface area is 242 Å². The third kappa shape index (κ3) is 6.41. The molecule has 1 aromatic rings. The summed E-state index contributed by atoms with van der Waals surface area (Å²) in [5, 5.41) is 0. The van der Waals surface area contributed by atoms with Crippen molar-refractivity contribution in [3.63, 3.8) is 0 Å². The summed E-state index contributed by atoms with van der Waals surface area (Å²) in [6, 6.07) is 7.06. The first-order valence-electron chi connectivity index (χ1n) is 12.7. The van der Waals surface area contributed by atoms with Gasteiger partial charge in [-0.05, 0) is 22.7 Å². The molecule has 0 aliphatic rings. The van der Waals surface area contributed by atoms with Crippen LogP contribution in [-0.4, -0.2) is 62.6 Å². The molecule has 19 heteroatoms. The van der Waals surface area contributed by atoms with Crippen LogP contribution in [-0.2, 0) is 4.43 Å². The van der Waals surface area contributed by atoms with Gasteiger partial charge < -0.3 is 4.43 Å². The summed E-state index contributed by atoms with van der Waals surface area (Å²) in [4.78, 5) is 0. The Morgan fingerprint density at radius 2 is 0.909 bits per heavy atom. The van der Waals surface area contributed by atoms with Gasteiger partial charge in [-0.3, -0.25) is 0 Å². The molecule has 0 radical (unpaired) electrons. The van der Waals surface area contributed by atoms with Crippen LogP contribution < -0.4 is 0 Å². The fourth-order valence-corrected chi connectivity index (χ4v) is 9.08. The Hall–Kier alpha value is -1.79. The largest absolute Gasteiger partial charge is 0.460 e. The quantitative estimate of drug-likeness (QED) is 0.131. The predicted molar refractivity (Wildman–Crippen MR) is 127 cm³/mol. The first-order valence-corrected chi connectivity index (χ1v) is 15.0. The highest BCUT2D eigenvalue weighted by molar-refractivity contribution is 6.76. The van der Waals surface area contributed by atoms with Crippen LogP contribution in [0.2, 0.25) is 17.1 Å². The molecular formula is C25H29F17OSi. The number of alkyl halides is 17. The van der Waals surface area contributed by atoms with Crippen LogP contribution in [0.4, 0.5) is 74.6 Å². The summed E-state index contributed by atoms with van der Waals surface area (Å²) in [6.45, 7) is 6.96. The van der Waals surface area contributed by atoms with Crippen molar-refractivity contribution in [3.05, 3.63) is 35.9 Å². The van der Waals surface area contributed by atoms with Crippen molar-refractivity contribution in [2.45, 2.75) is 112 Å². The van der Waals surface area contributed by atoms with Crippen LogP contribution in [0.5, 0.6) is 0 Å². The van der Waals surface area contributed by atoms with Crippen molar-refractivity contribution in [3.8, 4) is 0 Å². The second kappa shape index (κ2) is 12.4. The van der Waals surface area contributed by atoms with E-state index in [4.69, 9.17) is 4.43 Å². The first kappa shape index (κ1) is 40.2. The van der Waals surface area contributed by atoms with Gasteiger partial charge in [-0.25, -0.2) is 0 Å². The van der Waals surface area contributed by atoms with Gasteiger partial charge >= 0.3 is 47.6 Å². The maximum absolute atomic E-state index is 14.7. The van der Waals surface area contributed by atoms with E-state index in [-0.39, 0.29) is 6.61 Å². The zero-order valence-corrected chi connectivity index (χ0v) is 24.6. The molecule has 1 rings (SSSR count). The summed E-state index contributed by atoms with van der Waals surface area (Å²) in [6.07, 6.45) is -10.2. The zero-order valence-electron chi connectivity index (χ0n) is 23.6. The van der Waals surface area contributed by atoms with Crippen LogP contribution >= 0.6 is 0 Å². The minimum Gasteiger partial charge on any atom is -0.416 e. The summed E-state index contributed by atoms with van der Waals surface area (Å²) in [5.74, 6) is -56.7. The average molecular weight is 697 g/mol. The number of halogens is 17. The van der Waals surface area contributed by atoms with Gasteiger partial charge in [-0.2, -0.15) is 74.6 Å². The Balaban J connectivity index is 3.49. The van der Waals surface area contributed by atoms with Crippen LogP contribution in [0.1, 0.15) is 52.5 Å². The van der Waals surface area contributed by atoms with Gasteiger partial charge in [0.2, 0.25) is 0 Å². The van der Waals surface area contributed by atoms with Crippen molar-refractivity contribution in [2.75, 3.05) is 6.61 Å². The van der Waals surface area contributed by atoms with Crippen LogP contribution in [0.25, 0.3) is 0 Å². The van der Waals surface area contributed by atoms with E-state index >= 15 is 0 Å². The molecular weight excluding hydrogens is 667 g/mol. The summed E-state index contributed by atoms with van der Waals surface area (Å²) >= 11 is 0. The Bertz CT molecular complexity index is 1080. The molecule has 0 spiro atoms. The molecule has 258 valence electrons. The molecule has 0 fully saturated rings. The van der Waals surface area contributed by atoms with Crippen molar-refractivity contribution in [1.29, 1.82) is 0 Å². The van der Waals surface area contributed by atoms with E-state index in [1.807, 2.05) is 0 Å². The van der Waals surface area contributed by atoms with Gasteiger partial charge in [0.1, 0.15) is 0 Å². The Morgan fingerprint density at radius 3 is 1.27 bits per heavy atom. The van der Waals surface area contributed by atoms with E-state index in [1.54, 1.807) is 37.3 Å². The number of benzene rings is 1. The highest BCUT2D eigenvalue weighted by Crippen LogP contribution is 2.64. The van der Waals surface area contributed by atoms with Gasteiger partial charge in [-0.15, -0.1) is 0 Å². The smallest absolute Gasteiger partial charge is 0.416 e. The molecule has 0 bridgehead atoms. The number of rotatable bonds is 15. The highest BCUT2D eigenvalue weighted by atomic mass is 28.4. The molecule has 0 saturated heterocycles. The van der Waals surface area contributed by atoms with Crippen molar-refractivity contribution >= 4 is 8.32 Å². The lowest BCUT2D eigenvalue weighted by molar-refractivity contribution is -0.461. The standard InChI is InChI=1S/C25H29F17OSi/c1-14(2)44(15(3)4,43-13-16(5)17-9-7-6-8-10-17)12-11-18(26,27)19(28,29)20(30,31)21(32,33)22(34,35)23(36,37)24(38,39)25(40,41)42/h6-10,14-16H,11-13H2,1-5H3/t16-/m0/s1. The van der Waals surface area contributed by atoms with E-state index in [0.29, 0.717) is 5.56 Å². The molecule has 0 saturated carbocycles. The predicted octanol–water partition coefficient (Wildman–Crippen LogP) is 11.0. The van der Waals surface area contributed by atoms with Crippen molar-refractivity contribution in [2.24, 2.45) is 0 Å². The van der Waals surface area contributed by atoms with E-state index < -0.39 is 85.4 Å². The summed E-state index contributed by atoms with van der Waals surface area (Å²) in [7, 11) is -3.79. The van der Waals surface area contributed by atoms with E-state index in [0.717, 1.165) is 0 Å². The molecule has 0 unspecified atom stereocenters. The van der Waals surface area contributed by atoms with E-state index in [1.165, 1.54) is 27.7 Å². The van der Waals surface area contributed by atoms with Crippen molar-refractivity contribution in [1.82, 2.24) is 0 Å². The Morgan fingerprint density at radius 1 is 0.545 bits per heavy atom. The fraction of sp³-hybridized carbons (Fsp3) is 0.760. The van der Waals surface area contributed by atoms with Crippen LogP contribution in [0.3, 0.4) is 0 Å². The molecule has 44 heavy (non-hydrogen) atoms. The minimum atomic E-state index is -8.63. The molecule has 0 N–H and O–H groups in total. The monoisotopic (exact) mass is 696 g/mol. The highest BCUT2D eigenvalue weighted by Gasteiger charge is 2.95. The van der Waals surface area contributed by atoms with E-state index in [2.05, 4.69) is 0 Å². The third-order valence-corrected chi connectivity index (χ3v) is 13.2. The molecule has 1 nitrogen and oxygen atoms in total. The molecule has 0 aliphatic carbocycles. The van der Waals surface area contributed by atoms with Crippen molar-refractivity contribution < 1.29 is 79.1 Å². The molecule has 0 amide bonds. The number of hydrogen-bond acceptors (Lipinski definition) is 1. The average Bonchev–Trinajstić information content (AvgIpc) is 2.87. The summed E-state index contributed by atoms with van der Waals surface area (Å²) in [5.41, 5.74) is -0.815. The number of hydrogen-bond donors (Lipinski definition) is 0. The lowest BCUT2D eigenvalue weighted by atomic mass is 9.88. The molecule has 1 atom stereocenters. The molecule has 0 aliphatic heterocycles. The second-order valence-corrected chi connectivity index (χ2v) is 16.0. The topological polar surface area (TPSA) is 9.23 Å². The second-order valence-electron chi connectivity index (χ2n) is 11.0. The van der Waals surface area contributed by atoms with Gasteiger partial charge in [0.25, 0.3) is 0 Å². The van der Waals surface area contributed by atoms with Gasteiger partial charge in [0.15, 0.2) is 8.32 Å². The molecule has 0 aromatic heterocycles. The molecule has 1 aromatic carbocycles. The molecule has 0 heterocycles. The lowest BCUT2D eigenvalue weighted by Gasteiger charge is -2.44. The first-order chi connectivity index (χ1) is 19.3. The van der Waals surface area contributed by atoms with Gasteiger partial charge in [0.05, 0.1) is 0 Å². The van der Waals surface area contributed by atoms with Gasteiger partial charge in [0, 0.05) is 18.9 Å². The summed E-state index contributed by atoms with van der Waals surface area (Å²) < 4.78 is 238. The maximum Gasteiger partial charge on any atom is 0.460 e. The maximum atomic E-state index is 14.7. The van der Waals surface area contributed by atoms with Crippen LogP contribution in [0.15, 0.2) is 30.3 Å². The normalized spacial score (nSPS) is 16.2. The fourth-order valence-electron chi connectivity index (χ4n) is 4.51.